The smallest absolute Gasteiger partial charge is 0.161 e. The van der Waals surface area contributed by atoms with Gasteiger partial charge in [0.05, 0.1) is 40.4 Å². The van der Waals surface area contributed by atoms with Gasteiger partial charge in [0, 0.05) is 11.3 Å². The van der Waals surface area contributed by atoms with Gasteiger partial charge in [-0.1, -0.05) is 0 Å². The number of methoxy groups -OCH3 is 2. The molecule has 3 rings (SSSR count). The molecule has 0 saturated carbocycles. The summed E-state index contributed by atoms with van der Waals surface area (Å²) in [5, 5.41) is 10.4. The minimum absolute atomic E-state index is 0.0303. The lowest BCUT2D eigenvalue weighted by molar-refractivity contribution is -0.903. The standard InChI is InChI=1S/C23H30N2O5/c1-17(26)18-4-9-22(23(14-18)29-3)30-16-20(27)15-24-10-12-25(13-11-24)19-5-7-21(28-2)8-6-19/h4-9,14,20,27H,10-13,15-16H2,1-3H3/p+1/t20-/m1/s1. The number of anilines is 1. The van der Waals surface area contributed by atoms with Gasteiger partial charge in [0.1, 0.15) is 25.0 Å². The molecule has 0 amide bonds. The molecule has 0 radical (unpaired) electrons. The first-order chi connectivity index (χ1) is 14.5. The maximum atomic E-state index is 11.5. The molecule has 0 spiro atoms. The number of piperazine rings is 1. The molecule has 0 aromatic heterocycles. The number of carbonyl (C=O) groups excluding carboxylic acids is 1. The average molecular weight is 416 g/mol. The fourth-order valence-electron chi connectivity index (χ4n) is 3.66. The topological polar surface area (TPSA) is 72.7 Å². The molecule has 0 unspecified atom stereocenters. The first-order valence-corrected chi connectivity index (χ1v) is 10.2. The Morgan fingerprint density at radius 1 is 1.07 bits per heavy atom. The molecule has 2 aromatic carbocycles. The molecule has 2 N–H and O–H groups in total. The van der Waals surface area contributed by atoms with Crippen LogP contribution in [0.2, 0.25) is 0 Å². The molecular weight excluding hydrogens is 384 g/mol. The summed E-state index contributed by atoms with van der Waals surface area (Å²) in [5.41, 5.74) is 1.76. The predicted molar refractivity (Wildman–Crippen MR) is 115 cm³/mol. The van der Waals surface area contributed by atoms with E-state index in [4.69, 9.17) is 14.2 Å². The minimum atomic E-state index is -0.579. The van der Waals surface area contributed by atoms with E-state index in [9.17, 15) is 9.90 Å². The number of nitrogens with zero attached hydrogens (tertiary/aromatic N) is 1. The van der Waals surface area contributed by atoms with Crippen molar-refractivity contribution in [3.8, 4) is 17.2 Å². The number of hydrogen-bond acceptors (Lipinski definition) is 6. The summed E-state index contributed by atoms with van der Waals surface area (Å²) in [6, 6.07) is 13.2. The van der Waals surface area contributed by atoms with Crippen molar-refractivity contribution in [3.63, 3.8) is 0 Å². The van der Waals surface area contributed by atoms with Crippen molar-refractivity contribution < 1.29 is 29.0 Å². The minimum Gasteiger partial charge on any atom is -0.497 e. The Labute approximate surface area is 177 Å². The summed E-state index contributed by atoms with van der Waals surface area (Å²) < 4.78 is 16.3. The van der Waals surface area contributed by atoms with E-state index in [0.29, 0.717) is 23.6 Å². The number of quaternary nitrogens is 1. The number of carbonyl (C=O) groups is 1. The van der Waals surface area contributed by atoms with Gasteiger partial charge in [-0.2, -0.15) is 0 Å². The zero-order chi connectivity index (χ0) is 21.5. The second-order valence-electron chi connectivity index (χ2n) is 7.53. The zero-order valence-corrected chi connectivity index (χ0v) is 17.9. The fourth-order valence-corrected chi connectivity index (χ4v) is 3.66. The number of ketones is 1. The van der Waals surface area contributed by atoms with E-state index in [-0.39, 0.29) is 12.4 Å². The van der Waals surface area contributed by atoms with Gasteiger partial charge in [-0.25, -0.2) is 0 Å². The number of Topliss-reactive ketones (excluding diaryl/α,β-unsaturated/α-hetero) is 1. The van der Waals surface area contributed by atoms with Crippen LogP contribution in [0, 0.1) is 0 Å². The van der Waals surface area contributed by atoms with Crippen molar-refractivity contribution in [2.24, 2.45) is 0 Å². The fraction of sp³-hybridized carbons (Fsp3) is 0.435. The lowest BCUT2D eigenvalue weighted by Gasteiger charge is -2.34. The molecule has 1 heterocycles. The lowest BCUT2D eigenvalue weighted by Crippen LogP contribution is -3.16. The van der Waals surface area contributed by atoms with E-state index in [1.165, 1.54) is 24.6 Å². The zero-order valence-electron chi connectivity index (χ0n) is 17.9. The Hall–Kier alpha value is -2.77. The van der Waals surface area contributed by atoms with Crippen LogP contribution in [0.4, 0.5) is 5.69 Å². The van der Waals surface area contributed by atoms with Crippen LogP contribution in [0.3, 0.4) is 0 Å². The van der Waals surface area contributed by atoms with E-state index < -0.39 is 6.10 Å². The molecule has 30 heavy (non-hydrogen) atoms. The first-order valence-electron chi connectivity index (χ1n) is 10.2. The largest absolute Gasteiger partial charge is 0.497 e. The van der Waals surface area contributed by atoms with Crippen LogP contribution in [0.1, 0.15) is 17.3 Å². The summed E-state index contributed by atoms with van der Waals surface area (Å²) in [7, 11) is 3.21. The molecule has 1 fully saturated rings. The molecule has 1 saturated heterocycles. The third kappa shape index (κ3) is 5.64. The molecule has 2 aromatic rings. The average Bonchev–Trinajstić information content (AvgIpc) is 2.78. The van der Waals surface area contributed by atoms with Gasteiger partial charge in [0.25, 0.3) is 0 Å². The molecular formula is C23H31N2O5+. The highest BCUT2D eigenvalue weighted by atomic mass is 16.5. The van der Waals surface area contributed by atoms with E-state index in [0.717, 1.165) is 31.9 Å². The van der Waals surface area contributed by atoms with Crippen LogP contribution in [0.15, 0.2) is 42.5 Å². The molecule has 7 nitrogen and oxygen atoms in total. The van der Waals surface area contributed by atoms with Gasteiger partial charge in [-0.3, -0.25) is 4.79 Å². The van der Waals surface area contributed by atoms with Gasteiger partial charge >= 0.3 is 0 Å². The van der Waals surface area contributed by atoms with Gasteiger partial charge < -0.3 is 29.1 Å². The van der Waals surface area contributed by atoms with E-state index >= 15 is 0 Å². The molecule has 1 aliphatic rings. The normalized spacial score (nSPS) is 15.5. The van der Waals surface area contributed by atoms with Crippen LogP contribution >= 0.6 is 0 Å². The number of rotatable bonds is 9. The van der Waals surface area contributed by atoms with Gasteiger partial charge in [-0.05, 0) is 49.4 Å². The van der Waals surface area contributed by atoms with Crippen LogP contribution < -0.4 is 24.0 Å². The maximum absolute atomic E-state index is 11.5. The van der Waals surface area contributed by atoms with Gasteiger partial charge in [0.2, 0.25) is 0 Å². The number of hydrogen-bond donors (Lipinski definition) is 2. The highest BCUT2D eigenvalue weighted by Crippen LogP contribution is 2.28. The van der Waals surface area contributed by atoms with E-state index in [1.807, 2.05) is 12.1 Å². The Morgan fingerprint density at radius 3 is 2.37 bits per heavy atom. The van der Waals surface area contributed by atoms with Crippen LogP contribution in [0.5, 0.6) is 17.2 Å². The van der Waals surface area contributed by atoms with Crippen molar-refractivity contribution >= 4 is 11.5 Å². The highest BCUT2D eigenvalue weighted by molar-refractivity contribution is 5.94. The van der Waals surface area contributed by atoms with Gasteiger partial charge in [0.15, 0.2) is 17.3 Å². The third-order valence-corrected chi connectivity index (χ3v) is 5.43. The number of aliphatic hydroxyl groups excluding tert-OH is 1. The first kappa shape index (κ1) is 21.9. The summed E-state index contributed by atoms with van der Waals surface area (Å²) in [5.74, 6) is 1.85. The number of nitrogens with one attached hydrogen (secondary N) is 1. The van der Waals surface area contributed by atoms with Gasteiger partial charge in [-0.15, -0.1) is 0 Å². The summed E-state index contributed by atoms with van der Waals surface area (Å²) >= 11 is 0. The SMILES string of the molecule is COc1ccc(N2CC[NH+](C[C@@H](O)COc3ccc(C(C)=O)cc3OC)CC2)cc1. The second kappa shape index (κ2) is 10.3. The van der Waals surface area contributed by atoms with Crippen molar-refractivity contribution in [3.05, 3.63) is 48.0 Å². The summed E-state index contributed by atoms with van der Waals surface area (Å²) in [6.45, 7) is 6.12. The molecule has 7 heteroatoms. The van der Waals surface area contributed by atoms with Crippen molar-refractivity contribution in [2.75, 3.05) is 58.5 Å². The number of aliphatic hydroxyl groups is 1. The van der Waals surface area contributed by atoms with E-state index in [1.54, 1.807) is 25.3 Å². The number of benzene rings is 2. The van der Waals surface area contributed by atoms with Crippen LogP contribution in [0.25, 0.3) is 0 Å². The van der Waals surface area contributed by atoms with Crippen LogP contribution in [-0.4, -0.2) is 70.5 Å². The Kier molecular flexibility index (Phi) is 7.54. The second-order valence-corrected chi connectivity index (χ2v) is 7.53. The van der Waals surface area contributed by atoms with Crippen LogP contribution in [-0.2, 0) is 0 Å². The Balaban J connectivity index is 1.46. The molecule has 0 aliphatic carbocycles. The maximum Gasteiger partial charge on any atom is 0.161 e. The predicted octanol–water partition coefficient (Wildman–Crippen LogP) is 1.05. The van der Waals surface area contributed by atoms with Crippen molar-refractivity contribution in [1.29, 1.82) is 0 Å². The molecule has 162 valence electrons. The Morgan fingerprint density at radius 2 is 1.77 bits per heavy atom. The van der Waals surface area contributed by atoms with Crippen molar-refractivity contribution in [1.82, 2.24) is 0 Å². The molecule has 1 aliphatic heterocycles. The monoisotopic (exact) mass is 415 g/mol. The highest BCUT2D eigenvalue weighted by Gasteiger charge is 2.23. The molecule has 1 atom stereocenters. The summed E-state index contributed by atoms with van der Waals surface area (Å²) in [6.07, 6.45) is -0.579. The molecule has 0 bridgehead atoms. The third-order valence-electron chi connectivity index (χ3n) is 5.43. The lowest BCUT2D eigenvalue weighted by atomic mass is 10.1. The quantitative estimate of drug-likeness (QED) is 0.597. The van der Waals surface area contributed by atoms with Crippen molar-refractivity contribution in [2.45, 2.75) is 13.0 Å². The van der Waals surface area contributed by atoms with E-state index in [2.05, 4.69) is 17.0 Å². The Bertz CT molecular complexity index is 832. The summed E-state index contributed by atoms with van der Waals surface area (Å²) in [4.78, 5) is 15.2. The number of ether oxygens (including phenoxy) is 3.